The summed E-state index contributed by atoms with van der Waals surface area (Å²) in [5, 5.41) is 63.5. The summed E-state index contributed by atoms with van der Waals surface area (Å²) in [5.41, 5.74) is 0.577. The Labute approximate surface area is 416 Å². The van der Waals surface area contributed by atoms with Gasteiger partial charge in [0.25, 0.3) is 0 Å². The second-order valence-corrected chi connectivity index (χ2v) is 21.5. The molecule has 0 aromatic heterocycles. The van der Waals surface area contributed by atoms with Crippen LogP contribution in [-0.4, -0.2) is 96.7 Å². The minimum atomic E-state index is -0.950. The lowest BCUT2D eigenvalue weighted by Crippen LogP contribution is -2.54. The van der Waals surface area contributed by atoms with Gasteiger partial charge in [-0.1, -0.05) is 50.0 Å². The molecule has 2 aromatic rings. The number of methoxy groups -OCH3 is 1. The number of allylic oxidation sites excluding steroid dienone is 4. The number of phenolic OH excluding ortho intramolecular Hbond substituents is 2. The lowest BCUT2D eigenvalue weighted by Gasteiger charge is -2.58. The molecule has 5 aliphatic carbocycles. The molecular weight excluding hydrogens is 885 g/mol. The molecule has 0 unspecified atom stereocenters. The number of aliphatic hydroxyl groups excluding tert-OH is 3. The molecule has 13 nitrogen and oxygen atoms in total. The molecule has 70 heavy (non-hydrogen) atoms. The second-order valence-electron chi connectivity index (χ2n) is 21.5. The van der Waals surface area contributed by atoms with Crippen LogP contribution in [0.4, 0.5) is 5.69 Å². The van der Waals surface area contributed by atoms with Crippen LogP contribution in [0.25, 0.3) is 0 Å². The number of anilines is 1. The number of benzene rings is 2. The number of hydrogen-bond donors (Lipinski definition) is 8. The molecule has 1 spiro atoms. The third-order valence-corrected chi connectivity index (χ3v) is 17.7. The van der Waals surface area contributed by atoms with Crippen molar-refractivity contribution in [1.29, 1.82) is 0 Å². The average Bonchev–Trinajstić information content (AvgIpc) is 4.10. The monoisotopic (exact) mass is 965 g/mol. The molecule has 6 aliphatic rings. The van der Waals surface area contributed by atoms with Gasteiger partial charge in [0.15, 0.2) is 35.1 Å². The van der Waals surface area contributed by atoms with Gasteiger partial charge in [-0.3, -0.25) is 15.1 Å². The van der Waals surface area contributed by atoms with Crippen molar-refractivity contribution in [2.45, 2.75) is 133 Å². The Morgan fingerprint density at radius 2 is 1.83 bits per heavy atom. The van der Waals surface area contributed by atoms with Crippen molar-refractivity contribution in [3.05, 3.63) is 65.8 Å². The number of carbonyl (C=O) groups excluding carboxylic acids is 1. The van der Waals surface area contributed by atoms with Crippen LogP contribution in [-0.2, 0) is 21.4 Å². The van der Waals surface area contributed by atoms with Crippen LogP contribution in [0, 0.1) is 64.7 Å². The van der Waals surface area contributed by atoms with Crippen molar-refractivity contribution >= 4 is 17.4 Å². The zero-order valence-electron chi connectivity index (χ0n) is 42.1. The largest absolute Gasteiger partial charge is 0.504 e. The Morgan fingerprint density at radius 3 is 2.60 bits per heavy atom. The van der Waals surface area contributed by atoms with Crippen molar-refractivity contribution in [1.82, 2.24) is 10.6 Å². The zero-order valence-corrected chi connectivity index (χ0v) is 42.1. The average molecular weight is 965 g/mol. The van der Waals surface area contributed by atoms with Crippen LogP contribution in [0.3, 0.4) is 0 Å². The molecule has 8 N–H and O–H groups in total. The highest BCUT2D eigenvalue weighted by Gasteiger charge is 2.61. The summed E-state index contributed by atoms with van der Waals surface area (Å²) in [6.07, 6.45) is 21.3. The molecule has 4 saturated carbocycles. The van der Waals surface area contributed by atoms with Crippen LogP contribution in [0.15, 0.2) is 59.6 Å². The summed E-state index contributed by atoms with van der Waals surface area (Å²) in [5.74, 6) is 6.11. The highest BCUT2D eigenvalue weighted by Crippen LogP contribution is 2.66. The molecule has 0 amide bonds. The first-order valence-electron chi connectivity index (χ1n) is 26.4. The smallest absolute Gasteiger partial charge is 0.207 e. The normalized spacial score (nSPS) is 34.0. The van der Waals surface area contributed by atoms with Gasteiger partial charge < -0.3 is 50.4 Å². The van der Waals surface area contributed by atoms with Gasteiger partial charge in [0.2, 0.25) is 5.96 Å². The van der Waals surface area contributed by atoms with Gasteiger partial charge in [-0.05, 0) is 179 Å². The lowest BCUT2D eigenvalue weighted by molar-refractivity contribution is -0.125. The number of rotatable bonds is 17. The van der Waals surface area contributed by atoms with Gasteiger partial charge in [0, 0.05) is 56.5 Å². The van der Waals surface area contributed by atoms with Crippen molar-refractivity contribution < 1.29 is 44.5 Å². The van der Waals surface area contributed by atoms with E-state index in [1.807, 2.05) is 25.3 Å². The molecule has 2 bridgehead atoms. The number of likely N-dealkylation sites (N-methyl/N-ethyl adjacent to an activating group) is 1. The fraction of sp³-hybridized carbons (Fsp3) is 0.649. The first kappa shape index (κ1) is 51.8. The number of nitrogens with one attached hydrogen (secondary N) is 3. The van der Waals surface area contributed by atoms with Gasteiger partial charge >= 0.3 is 0 Å². The Morgan fingerprint density at radius 1 is 1.00 bits per heavy atom. The van der Waals surface area contributed by atoms with E-state index in [-0.39, 0.29) is 72.6 Å². The van der Waals surface area contributed by atoms with E-state index >= 15 is 4.79 Å². The number of nitrogens with zero attached hydrogens (tertiary/aromatic N) is 1. The van der Waals surface area contributed by atoms with E-state index < -0.39 is 22.7 Å². The number of hydrogen-bond acceptors (Lipinski definition) is 11. The number of ether oxygens (including phenoxy) is 3. The molecule has 4 fully saturated rings. The lowest BCUT2D eigenvalue weighted by atomic mass is 9.46. The number of phenols is 2. The second kappa shape index (κ2) is 22.9. The van der Waals surface area contributed by atoms with E-state index in [2.05, 4.69) is 70.2 Å². The van der Waals surface area contributed by atoms with Gasteiger partial charge in [0.05, 0.1) is 19.4 Å². The first-order chi connectivity index (χ1) is 34.0. The maximum absolute atomic E-state index is 15.6. The number of fused-ring (bicyclic) bond motifs is 5. The van der Waals surface area contributed by atoms with Crippen molar-refractivity contribution in [2.75, 3.05) is 52.9 Å². The topological polar surface area (TPSA) is 194 Å². The summed E-state index contributed by atoms with van der Waals surface area (Å²) in [7, 11) is 5.14. The predicted molar refractivity (Wildman–Crippen MR) is 273 cm³/mol. The fourth-order valence-electron chi connectivity index (χ4n) is 14.6. The zero-order chi connectivity index (χ0) is 49.5. The number of aromatic hydroxyl groups is 2. The van der Waals surface area contributed by atoms with Crippen molar-refractivity contribution in [3.63, 3.8) is 0 Å². The van der Waals surface area contributed by atoms with Crippen LogP contribution < -0.4 is 25.4 Å². The van der Waals surface area contributed by atoms with E-state index in [0.29, 0.717) is 86.5 Å². The molecule has 12 atom stereocenters. The molecule has 13 heteroatoms. The Hall–Kier alpha value is -4.58. The fourth-order valence-corrected chi connectivity index (χ4v) is 14.6. The minimum absolute atomic E-state index is 0.00131. The third kappa shape index (κ3) is 10.5. The maximum atomic E-state index is 15.6. The van der Waals surface area contributed by atoms with Crippen LogP contribution in [0.5, 0.6) is 23.0 Å². The van der Waals surface area contributed by atoms with E-state index in [9.17, 15) is 25.5 Å². The number of aliphatic imine (C=N–C) groups is 1. The number of guanidine groups is 1. The van der Waals surface area contributed by atoms with Crippen LogP contribution in [0.1, 0.15) is 121 Å². The Bertz CT molecular complexity index is 2290. The van der Waals surface area contributed by atoms with E-state index in [1.165, 1.54) is 0 Å². The summed E-state index contributed by atoms with van der Waals surface area (Å²) < 4.78 is 18.4. The van der Waals surface area contributed by atoms with Gasteiger partial charge in [-0.2, -0.15) is 0 Å². The van der Waals surface area contributed by atoms with Gasteiger partial charge in [0.1, 0.15) is 5.60 Å². The Balaban J connectivity index is 1.29. The Kier molecular flexibility index (Phi) is 16.9. The number of aliphatic hydroxyl groups is 3. The summed E-state index contributed by atoms with van der Waals surface area (Å²) in [6.45, 7) is 3.20. The van der Waals surface area contributed by atoms with E-state index in [4.69, 9.17) is 14.2 Å². The molecule has 8 rings (SSSR count). The van der Waals surface area contributed by atoms with Gasteiger partial charge in [-0.15, -0.1) is 0 Å². The van der Waals surface area contributed by atoms with E-state index in [1.54, 1.807) is 20.2 Å². The predicted octanol–water partition coefficient (Wildman–Crippen LogP) is 8.13. The highest BCUT2D eigenvalue weighted by molar-refractivity contribution is 5.97. The first-order valence-corrected chi connectivity index (χ1v) is 26.4. The maximum Gasteiger partial charge on any atom is 0.207 e. The quantitative estimate of drug-likeness (QED) is 0.0250. The van der Waals surface area contributed by atoms with Crippen LogP contribution >= 0.6 is 0 Å². The third-order valence-electron chi connectivity index (χ3n) is 17.7. The SMILES string of the molecule is CC[C@@H]1C=C[C@@H]2[C@@H](CCCO)[C@H]3CCC[C@]34c3cc(c(O)c(O[C@]5(CNC)CC[C@@H](C[C@H](O)OCCCO)C5)c3)NC(=NC)NC#CC[C@@H]3CCC[C@]3(Cc3ccc(O)c(OC)c3)C(=O)/C=C/[C@@H]4[C@H]2C1. The summed E-state index contributed by atoms with van der Waals surface area (Å²) in [6, 6.07) is 12.8. The molecule has 0 radical (unpaired) electrons. The molecule has 0 saturated heterocycles. The summed E-state index contributed by atoms with van der Waals surface area (Å²) >= 11 is 0. The van der Waals surface area contributed by atoms with Crippen molar-refractivity contribution in [3.8, 4) is 35.0 Å². The summed E-state index contributed by atoms with van der Waals surface area (Å²) in [4.78, 5) is 20.2. The molecule has 1 aliphatic heterocycles. The molecule has 1 heterocycles. The molecular formula is C57H80N4O9. The van der Waals surface area contributed by atoms with Crippen LogP contribution in [0.2, 0.25) is 0 Å². The molecule has 2 aromatic carbocycles. The van der Waals surface area contributed by atoms with Gasteiger partial charge in [-0.25, -0.2) is 0 Å². The van der Waals surface area contributed by atoms with Crippen molar-refractivity contribution in [2.24, 2.45) is 57.8 Å². The minimum Gasteiger partial charge on any atom is -0.504 e. The highest BCUT2D eigenvalue weighted by atomic mass is 16.6. The molecule has 382 valence electrons. The number of carbonyl (C=O) groups is 1. The number of ketones is 1. The van der Waals surface area contributed by atoms with E-state index in [0.717, 1.165) is 75.3 Å². The standard InChI is InChI=1S/C57H80N4O9/c1-5-37-15-17-42-43(13-9-26-62)45-14-7-23-57(45)41-32-47(53(67)50(33-41)70-55(36-58-2)24-21-39(34-55)31-52(66)69-28-10-27-63)61-54(59-3)60-25-8-12-40-11-6-22-56(40,51(65)20-18-46(57)44(42)29-37)35-38-16-19-48(64)49(30-38)68-4/h15-20,30,32-33,37,39-40,42-46,52,58,62-64,66-67H,5-7,9-14,21-24,26-29,31,34-36H2,1-4H3,(H2,59,60,61)/b20-18+/t37-,39+,40+,42-,43-,44+,45-,46-,52-,55-,56-,57+/m1/s1.